The van der Waals surface area contributed by atoms with Gasteiger partial charge in [0.2, 0.25) is 0 Å². The van der Waals surface area contributed by atoms with Crippen molar-refractivity contribution in [2.75, 3.05) is 11.9 Å². The minimum absolute atomic E-state index is 0.0362. The van der Waals surface area contributed by atoms with E-state index in [0.717, 1.165) is 23.2 Å². The molecule has 2 N–H and O–H groups in total. The summed E-state index contributed by atoms with van der Waals surface area (Å²) in [5.74, 6) is -0.435. The lowest BCUT2D eigenvalue weighted by Crippen LogP contribution is -2.30. The Morgan fingerprint density at radius 2 is 2.22 bits per heavy atom. The van der Waals surface area contributed by atoms with E-state index in [0.29, 0.717) is 17.6 Å². The van der Waals surface area contributed by atoms with Crippen LogP contribution in [0.4, 0.5) is 10.1 Å². The summed E-state index contributed by atoms with van der Waals surface area (Å²) < 4.78 is 13.5. The monoisotopic (exact) mass is 244 g/mol. The standard InChI is InChI=1S/C12H9FN4O/c13-5-1-6-10-7(2-5)15-8-3-14-4-9(11(8)10)16-17-12(6)18/h1-2,8,14-15H,3-4H2. The normalized spacial score (nSPS) is 19.9. The Kier molecular flexibility index (Phi) is 1.78. The van der Waals surface area contributed by atoms with Crippen molar-refractivity contribution in [2.24, 2.45) is 0 Å². The maximum absolute atomic E-state index is 13.5. The third-order valence-electron chi connectivity index (χ3n) is 3.49. The van der Waals surface area contributed by atoms with Crippen LogP contribution in [0.25, 0.3) is 10.8 Å². The summed E-state index contributed by atoms with van der Waals surface area (Å²) in [6, 6.07) is 2.69. The molecule has 3 heterocycles. The van der Waals surface area contributed by atoms with Crippen LogP contribution in [-0.2, 0) is 6.54 Å². The predicted octanol–water partition coefficient (Wildman–Crippen LogP) is 0.699. The number of nitrogens with zero attached hydrogens (tertiary/aromatic N) is 2. The van der Waals surface area contributed by atoms with E-state index < -0.39 is 11.4 Å². The van der Waals surface area contributed by atoms with Gasteiger partial charge in [-0.1, -0.05) is 0 Å². The third-order valence-corrected chi connectivity index (χ3v) is 3.49. The molecule has 0 bridgehead atoms. The number of nitrogens with one attached hydrogen (secondary N) is 2. The van der Waals surface area contributed by atoms with Gasteiger partial charge in [0.1, 0.15) is 5.82 Å². The van der Waals surface area contributed by atoms with E-state index in [2.05, 4.69) is 20.8 Å². The molecule has 0 saturated carbocycles. The number of rotatable bonds is 0. The van der Waals surface area contributed by atoms with E-state index in [1.165, 1.54) is 12.1 Å². The average Bonchev–Trinajstić information content (AvgIpc) is 2.65. The van der Waals surface area contributed by atoms with Crippen LogP contribution in [0, 0.1) is 5.82 Å². The second kappa shape index (κ2) is 3.23. The summed E-state index contributed by atoms with van der Waals surface area (Å²) in [4.78, 5) is 11.9. The fourth-order valence-corrected chi connectivity index (χ4v) is 2.79. The van der Waals surface area contributed by atoms with Crippen molar-refractivity contribution in [1.29, 1.82) is 0 Å². The SMILES string of the molecule is O=c1nnc2c3c4c(cc(F)cc14)NC3CNC2. The highest BCUT2D eigenvalue weighted by Crippen LogP contribution is 2.40. The molecule has 1 unspecified atom stereocenters. The van der Waals surface area contributed by atoms with Crippen molar-refractivity contribution in [2.45, 2.75) is 12.6 Å². The van der Waals surface area contributed by atoms with Gasteiger partial charge in [0.05, 0.1) is 17.1 Å². The first-order chi connectivity index (χ1) is 8.74. The molecule has 2 aliphatic heterocycles. The van der Waals surface area contributed by atoms with Crippen molar-refractivity contribution in [1.82, 2.24) is 15.5 Å². The highest BCUT2D eigenvalue weighted by atomic mass is 19.1. The van der Waals surface area contributed by atoms with Crippen LogP contribution >= 0.6 is 0 Å². The van der Waals surface area contributed by atoms with Crippen molar-refractivity contribution >= 4 is 16.5 Å². The molecule has 2 aliphatic rings. The Morgan fingerprint density at radius 1 is 1.33 bits per heavy atom. The van der Waals surface area contributed by atoms with E-state index in [4.69, 9.17) is 0 Å². The molecule has 1 aromatic heterocycles. The van der Waals surface area contributed by atoms with Crippen LogP contribution in [0.3, 0.4) is 0 Å². The molecule has 1 atom stereocenters. The van der Waals surface area contributed by atoms with E-state index in [9.17, 15) is 9.18 Å². The molecule has 1 aromatic carbocycles. The first-order valence-corrected chi connectivity index (χ1v) is 5.74. The zero-order chi connectivity index (χ0) is 12.3. The van der Waals surface area contributed by atoms with Gasteiger partial charge in [-0.3, -0.25) is 4.79 Å². The van der Waals surface area contributed by atoms with Gasteiger partial charge in [-0.15, -0.1) is 10.2 Å². The summed E-state index contributed by atoms with van der Waals surface area (Å²) in [6.45, 7) is 1.32. The largest absolute Gasteiger partial charge is 0.376 e. The summed E-state index contributed by atoms with van der Waals surface area (Å²) in [5, 5.41) is 15.1. The van der Waals surface area contributed by atoms with Gasteiger partial charge in [-0.25, -0.2) is 4.39 Å². The summed E-state index contributed by atoms with van der Waals surface area (Å²) >= 11 is 0. The molecule has 0 spiro atoms. The first kappa shape index (κ1) is 9.90. The molecular weight excluding hydrogens is 235 g/mol. The average molecular weight is 244 g/mol. The predicted molar refractivity (Wildman–Crippen MR) is 63.8 cm³/mol. The van der Waals surface area contributed by atoms with Gasteiger partial charge >= 0.3 is 0 Å². The Bertz CT molecular complexity index is 746. The lowest BCUT2D eigenvalue weighted by Gasteiger charge is -2.20. The second-order valence-electron chi connectivity index (χ2n) is 4.57. The van der Waals surface area contributed by atoms with E-state index in [1.54, 1.807) is 0 Å². The van der Waals surface area contributed by atoms with Crippen molar-refractivity contribution in [3.63, 3.8) is 0 Å². The molecular formula is C12H9FN4O. The topological polar surface area (TPSA) is 66.9 Å². The molecule has 0 fully saturated rings. The van der Waals surface area contributed by atoms with Crippen LogP contribution in [0.5, 0.6) is 0 Å². The highest BCUT2D eigenvalue weighted by molar-refractivity contribution is 5.99. The van der Waals surface area contributed by atoms with Gasteiger partial charge in [-0.05, 0) is 12.1 Å². The summed E-state index contributed by atoms with van der Waals surface area (Å²) in [6.07, 6.45) is 0. The maximum atomic E-state index is 13.5. The molecule has 5 nitrogen and oxygen atoms in total. The van der Waals surface area contributed by atoms with Crippen LogP contribution in [-0.4, -0.2) is 16.7 Å². The molecule has 0 amide bonds. The van der Waals surface area contributed by atoms with Crippen LogP contribution in [0.1, 0.15) is 17.3 Å². The molecule has 0 saturated heterocycles. The van der Waals surface area contributed by atoms with Crippen molar-refractivity contribution in [3.05, 3.63) is 39.6 Å². The van der Waals surface area contributed by atoms with Crippen molar-refractivity contribution in [3.8, 4) is 0 Å². The molecule has 18 heavy (non-hydrogen) atoms. The number of halogens is 1. The molecule has 0 aliphatic carbocycles. The van der Waals surface area contributed by atoms with Gasteiger partial charge in [0.15, 0.2) is 0 Å². The fraction of sp³-hybridized carbons (Fsp3) is 0.250. The number of hydrogen-bond acceptors (Lipinski definition) is 5. The fourth-order valence-electron chi connectivity index (χ4n) is 2.79. The Morgan fingerprint density at radius 3 is 3.11 bits per heavy atom. The maximum Gasteiger partial charge on any atom is 0.296 e. The quantitative estimate of drug-likeness (QED) is 0.714. The van der Waals surface area contributed by atoms with Crippen LogP contribution in [0.2, 0.25) is 0 Å². The summed E-state index contributed by atoms with van der Waals surface area (Å²) in [7, 11) is 0. The Balaban J connectivity index is 2.28. The number of anilines is 1. The third kappa shape index (κ3) is 1.15. The van der Waals surface area contributed by atoms with E-state index in [1.807, 2.05) is 0 Å². The molecule has 6 heteroatoms. The first-order valence-electron chi connectivity index (χ1n) is 5.74. The molecule has 4 rings (SSSR count). The van der Waals surface area contributed by atoms with E-state index >= 15 is 0 Å². The zero-order valence-electron chi connectivity index (χ0n) is 9.33. The lowest BCUT2D eigenvalue weighted by molar-refractivity contribution is 0.572. The van der Waals surface area contributed by atoms with Gasteiger partial charge < -0.3 is 10.6 Å². The molecule has 2 aromatic rings. The van der Waals surface area contributed by atoms with Crippen LogP contribution < -0.4 is 16.2 Å². The Labute approximate surface area is 101 Å². The van der Waals surface area contributed by atoms with E-state index in [-0.39, 0.29) is 6.04 Å². The Hall–Kier alpha value is -2.08. The second-order valence-corrected chi connectivity index (χ2v) is 4.57. The van der Waals surface area contributed by atoms with Crippen LogP contribution in [0.15, 0.2) is 16.9 Å². The molecule has 0 radical (unpaired) electrons. The highest BCUT2D eigenvalue weighted by Gasteiger charge is 2.30. The summed E-state index contributed by atoms with van der Waals surface area (Å²) in [5.41, 5.74) is 1.92. The number of benzene rings is 1. The zero-order valence-corrected chi connectivity index (χ0v) is 9.33. The van der Waals surface area contributed by atoms with Gasteiger partial charge in [-0.2, -0.15) is 0 Å². The number of hydrogen-bond donors (Lipinski definition) is 2. The number of aromatic nitrogens is 2. The van der Waals surface area contributed by atoms with Gasteiger partial charge in [0.25, 0.3) is 5.56 Å². The molecule has 90 valence electrons. The minimum atomic E-state index is -0.484. The minimum Gasteiger partial charge on any atom is -0.376 e. The smallest absolute Gasteiger partial charge is 0.296 e. The lowest BCUT2D eigenvalue weighted by atomic mass is 10.0. The van der Waals surface area contributed by atoms with Gasteiger partial charge in [0, 0.05) is 29.7 Å². The van der Waals surface area contributed by atoms with Crippen molar-refractivity contribution < 1.29 is 4.39 Å².